The van der Waals surface area contributed by atoms with Gasteiger partial charge in [-0.15, -0.1) is 0 Å². The Morgan fingerprint density at radius 1 is 1.19 bits per heavy atom. The second-order valence-electron chi connectivity index (χ2n) is 5.83. The smallest absolute Gasteiger partial charge is 0.261 e. The molecule has 0 bridgehead atoms. The quantitative estimate of drug-likeness (QED) is 0.780. The molecule has 2 rings (SSSR count). The third-order valence-corrected chi connectivity index (χ3v) is 5.81. The summed E-state index contributed by atoms with van der Waals surface area (Å²) in [5.74, 6) is 0.123. The Bertz CT molecular complexity index is 884. The zero-order valence-corrected chi connectivity index (χ0v) is 16.3. The van der Waals surface area contributed by atoms with E-state index in [0.29, 0.717) is 16.3 Å². The Kier molecular flexibility index (Phi) is 6.63. The number of rotatable bonds is 7. The first-order chi connectivity index (χ1) is 12.2. The number of ether oxygens (including phenoxy) is 1. The number of hydrogen-bond donors (Lipinski definition) is 1. The Balaban J connectivity index is 2.06. The molecule has 0 fully saturated rings. The van der Waals surface area contributed by atoms with E-state index in [0.717, 1.165) is 4.31 Å². The molecule has 0 saturated carbocycles. The van der Waals surface area contributed by atoms with Crippen LogP contribution in [-0.2, 0) is 21.4 Å². The maximum atomic E-state index is 12.4. The molecule has 0 heterocycles. The van der Waals surface area contributed by atoms with Crippen molar-refractivity contribution in [2.45, 2.75) is 24.5 Å². The van der Waals surface area contributed by atoms with Crippen LogP contribution in [0.3, 0.4) is 0 Å². The molecule has 1 atom stereocenters. The largest absolute Gasteiger partial charge is 0.481 e. The van der Waals surface area contributed by atoms with E-state index in [9.17, 15) is 13.2 Å². The van der Waals surface area contributed by atoms with Gasteiger partial charge in [-0.1, -0.05) is 35.9 Å². The van der Waals surface area contributed by atoms with Gasteiger partial charge in [0, 0.05) is 25.7 Å². The molecule has 0 aliphatic rings. The molecule has 2 aromatic carbocycles. The van der Waals surface area contributed by atoms with Crippen molar-refractivity contribution in [1.29, 1.82) is 0 Å². The van der Waals surface area contributed by atoms with Gasteiger partial charge in [-0.3, -0.25) is 4.79 Å². The van der Waals surface area contributed by atoms with Crippen LogP contribution in [0.2, 0.25) is 5.02 Å². The molecule has 2 aromatic rings. The average molecular weight is 397 g/mol. The van der Waals surface area contributed by atoms with Gasteiger partial charge in [0.15, 0.2) is 6.10 Å². The van der Waals surface area contributed by atoms with Gasteiger partial charge >= 0.3 is 0 Å². The number of hydrogen-bond acceptors (Lipinski definition) is 4. The molecule has 0 spiro atoms. The summed E-state index contributed by atoms with van der Waals surface area (Å²) in [6.07, 6.45) is -0.758. The summed E-state index contributed by atoms with van der Waals surface area (Å²) in [5.41, 5.74) is 0.504. The predicted octanol–water partition coefficient (Wildman–Crippen LogP) is 2.67. The SMILES string of the molecule is CC(Oc1cccc(Cl)c1)C(=O)NCc1ccccc1S(=O)(=O)N(C)C. The number of nitrogens with zero attached hydrogens (tertiary/aromatic N) is 1. The van der Waals surface area contributed by atoms with Crippen molar-refractivity contribution in [3.63, 3.8) is 0 Å². The summed E-state index contributed by atoms with van der Waals surface area (Å²) in [4.78, 5) is 12.4. The van der Waals surface area contributed by atoms with Gasteiger partial charge in [0.05, 0.1) is 4.90 Å². The minimum Gasteiger partial charge on any atom is -0.481 e. The summed E-state index contributed by atoms with van der Waals surface area (Å²) < 4.78 is 31.5. The van der Waals surface area contributed by atoms with Crippen LogP contribution >= 0.6 is 11.6 Å². The molecule has 8 heteroatoms. The Labute approximate surface area is 158 Å². The van der Waals surface area contributed by atoms with Gasteiger partial charge in [-0.05, 0) is 36.8 Å². The highest BCUT2D eigenvalue weighted by molar-refractivity contribution is 7.89. The van der Waals surface area contributed by atoms with E-state index in [2.05, 4.69) is 5.32 Å². The molecule has 1 unspecified atom stereocenters. The van der Waals surface area contributed by atoms with E-state index in [1.807, 2.05) is 0 Å². The highest BCUT2D eigenvalue weighted by Gasteiger charge is 2.21. The molecule has 6 nitrogen and oxygen atoms in total. The number of carbonyl (C=O) groups is 1. The van der Waals surface area contributed by atoms with Gasteiger partial charge in [-0.2, -0.15) is 0 Å². The van der Waals surface area contributed by atoms with Crippen LogP contribution in [0.25, 0.3) is 0 Å². The van der Waals surface area contributed by atoms with Crippen LogP contribution in [0.15, 0.2) is 53.4 Å². The molecule has 1 amide bonds. The van der Waals surface area contributed by atoms with Crippen molar-refractivity contribution in [2.24, 2.45) is 0 Å². The highest BCUT2D eigenvalue weighted by atomic mass is 35.5. The average Bonchev–Trinajstić information content (AvgIpc) is 2.59. The Morgan fingerprint density at radius 3 is 2.54 bits per heavy atom. The number of benzene rings is 2. The predicted molar refractivity (Wildman–Crippen MR) is 101 cm³/mol. The van der Waals surface area contributed by atoms with Crippen LogP contribution < -0.4 is 10.1 Å². The minimum atomic E-state index is -3.59. The molecule has 0 aliphatic carbocycles. The van der Waals surface area contributed by atoms with E-state index in [1.165, 1.54) is 20.2 Å². The summed E-state index contributed by atoms with van der Waals surface area (Å²) in [5, 5.41) is 3.22. The lowest BCUT2D eigenvalue weighted by atomic mass is 10.2. The van der Waals surface area contributed by atoms with Crippen molar-refractivity contribution >= 4 is 27.5 Å². The minimum absolute atomic E-state index is 0.0747. The zero-order valence-electron chi connectivity index (χ0n) is 14.8. The normalized spacial score (nSPS) is 12.7. The van der Waals surface area contributed by atoms with Crippen molar-refractivity contribution in [1.82, 2.24) is 9.62 Å². The van der Waals surface area contributed by atoms with Crippen molar-refractivity contribution < 1.29 is 17.9 Å². The van der Waals surface area contributed by atoms with Crippen molar-refractivity contribution in [3.05, 3.63) is 59.1 Å². The zero-order chi connectivity index (χ0) is 19.3. The Hall–Kier alpha value is -2.09. The van der Waals surface area contributed by atoms with Gasteiger partial charge in [0.2, 0.25) is 10.0 Å². The van der Waals surface area contributed by atoms with E-state index < -0.39 is 16.1 Å². The third kappa shape index (κ3) is 4.97. The topological polar surface area (TPSA) is 75.7 Å². The number of sulfonamides is 1. The van der Waals surface area contributed by atoms with Crippen molar-refractivity contribution in [2.75, 3.05) is 14.1 Å². The maximum Gasteiger partial charge on any atom is 0.261 e. The molecular weight excluding hydrogens is 376 g/mol. The molecule has 0 saturated heterocycles. The summed E-state index contributed by atoms with van der Waals surface area (Å²) in [6, 6.07) is 13.3. The number of nitrogens with one attached hydrogen (secondary N) is 1. The summed E-state index contributed by atoms with van der Waals surface area (Å²) in [7, 11) is -0.665. The van der Waals surface area contributed by atoms with Crippen LogP contribution in [0.5, 0.6) is 5.75 Å². The van der Waals surface area contributed by atoms with Crippen LogP contribution in [-0.4, -0.2) is 38.8 Å². The fourth-order valence-corrected chi connectivity index (χ4v) is 3.52. The van der Waals surface area contributed by atoms with Crippen LogP contribution in [0.4, 0.5) is 0 Å². The first-order valence-electron chi connectivity index (χ1n) is 7.92. The van der Waals surface area contributed by atoms with Gasteiger partial charge in [0.1, 0.15) is 5.75 Å². The lowest BCUT2D eigenvalue weighted by molar-refractivity contribution is -0.127. The fraction of sp³-hybridized carbons (Fsp3) is 0.278. The number of carbonyl (C=O) groups excluding carboxylic acids is 1. The fourth-order valence-electron chi connectivity index (χ4n) is 2.22. The van der Waals surface area contributed by atoms with E-state index in [-0.39, 0.29) is 17.3 Å². The monoisotopic (exact) mass is 396 g/mol. The van der Waals surface area contributed by atoms with E-state index >= 15 is 0 Å². The molecule has 0 aliphatic heterocycles. The van der Waals surface area contributed by atoms with Gasteiger partial charge < -0.3 is 10.1 Å². The van der Waals surface area contributed by atoms with Crippen LogP contribution in [0, 0.1) is 0 Å². The lowest BCUT2D eigenvalue weighted by Gasteiger charge is -2.17. The third-order valence-electron chi connectivity index (χ3n) is 3.66. The first-order valence-corrected chi connectivity index (χ1v) is 9.74. The van der Waals surface area contributed by atoms with Gasteiger partial charge in [0.25, 0.3) is 5.91 Å². The molecule has 0 radical (unpaired) electrons. The number of halogens is 1. The second kappa shape index (κ2) is 8.53. The van der Waals surface area contributed by atoms with E-state index in [1.54, 1.807) is 49.4 Å². The van der Waals surface area contributed by atoms with Crippen molar-refractivity contribution in [3.8, 4) is 5.75 Å². The molecule has 140 valence electrons. The maximum absolute atomic E-state index is 12.4. The summed E-state index contributed by atoms with van der Waals surface area (Å²) in [6.45, 7) is 1.68. The second-order valence-corrected chi connectivity index (χ2v) is 8.39. The van der Waals surface area contributed by atoms with E-state index in [4.69, 9.17) is 16.3 Å². The first kappa shape index (κ1) is 20.2. The molecule has 1 N–H and O–H groups in total. The van der Waals surface area contributed by atoms with Crippen LogP contribution in [0.1, 0.15) is 12.5 Å². The lowest BCUT2D eigenvalue weighted by Crippen LogP contribution is -2.36. The molecule has 26 heavy (non-hydrogen) atoms. The molecule has 0 aromatic heterocycles. The van der Waals surface area contributed by atoms with Gasteiger partial charge in [-0.25, -0.2) is 12.7 Å². The number of amides is 1. The Morgan fingerprint density at radius 2 is 1.88 bits per heavy atom. The standard InChI is InChI=1S/C18H21ClN2O4S/c1-13(25-16-9-6-8-15(19)11-16)18(22)20-12-14-7-4-5-10-17(14)26(23,24)21(2)3/h4-11,13H,12H2,1-3H3,(H,20,22). The molecular formula is C18H21ClN2O4S. The highest BCUT2D eigenvalue weighted by Crippen LogP contribution is 2.20. The summed E-state index contributed by atoms with van der Waals surface area (Å²) >= 11 is 5.89.